The molecule has 0 radical (unpaired) electrons. The highest BCUT2D eigenvalue weighted by molar-refractivity contribution is 7.99. The van der Waals surface area contributed by atoms with Crippen molar-refractivity contribution in [2.24, 2.45) is 0 Å². The number of thioether (sulfide) groups is 1. The van der Waals surface area contributed by atoms with E-state index in [1.165, 1.54) is 0 Å². The molecule has 2 aliphatic rings. The number of carbonyl (C=O) groups is 2. The lowest BCUT2D eigenvalue weighted by molar-refractivity contribution is -0.134. The summed E-state index contributed by atoms with van der Waals surface area (Å²) in [7, 11) is 0. The molecule has 2 aliphatic heterocycles. The fourth-order valence-corrected chi connectivity index (χ4v) is 3.40. The Balaban J connectivity index is 1.72. The fourth-order valence-electron chi connectivity index (χ4n) is 2.47. The van der Waals surface area contributed by atoms with Crippen molar-refractivity contribution in [3.05, 3.63) is 0 Å². The first-order valence-electron chi connectivity index (χ1n) is 7.18. The van der Waals surface area contributed by atoms with Gasteiger partial charge in [0.15, 0.2) is 0 Å². The molecule has 0 saturated carbocycles. The van der Waals surface area contributed by atoms with Crippen molar-refractivity contribution in [3.8, 4) is 0 Å². The van der Waals surface area contributed by atoms with Crippen molar-refractivity contribution in [2.45, 2.75) is 25.9 Å². The minimum atomic E-state index is -0.0178. The molecule has 2 N–H and O–H groups in total. The van der Waals surface area contributed by atoms with Gasteiger partial charge in [0.2, 0.25) is 11.8 Å². The second kappa shape index (κ2) is 7.28. The largest absolute Gasteiger partial charge is 0.353 e. The van der Waals surface area contributed by atoms with E-state index in [1.54, 1.807) is 11.8 Å². The molecular weight excluding hydrogens is 276 g/mol. The zero-order valence-corrected chi connectivity index (χ0v) is 13.0. The second-order valence-corrected chi connectivity index (χ2v) is 6.63. The summed E-state index contributed by atoms with van der Waals surface area (Å²) in [4.78, 5) is 28.0. The molecule has 0 aromatic heterocycles. The van der Waals surface area contributed by atoms with E-state index in [0.29, 0.717) is 6.54 Å². The lowest BCUT2D eigenvalue weighted by Gasteiger charge is -2.35. The summed E-state index contributed by atoms with van der Waals surface area (Å²) >= 11 is 1.77. The zero-order chi connectivity index (χ0) is 14.5. The molecule has 2 heterocycles. The summed E-state index contributed by atoms with van der Waals surface area (Å²) in [5.41, 5.74) is 0. The molecule has 0 aliphatic carbocycles. The van der Waals surface area contributed by atoms with Gasteiger partial charge in [0.05, 0.1) is 12.6 Å². The number of rotatable bonds is 4. The Hall–Kier alpha value is -0.790. The highest BCUT2D eigenvalue weighted by Gasteiger charge is 2.29. The van der Waals surface area contributed by atoms with Crippen LogP contribution in [0.2, 0.25) is 0 Å². The van der Waals surface area contributed by atoms with Crippen LogP contribution in [0, 0.1) is 0 Å². The van der Waals surface area contributed by atoms with Crippen LogP contribution >= 0.6 is 11.8 Å². The molecule has 0 aromatic carbocycles. The van der Waals surface area contributed by atoms with Crippen LogP contribution in [0.4, 0.5) is 0 Å². The number of piperazine rings is 1. The summed E-state index contributed by atoms with van der Waals surface area (Å²) in [6.07, 6.45) is 0. The van der Waals surface area contributed by atoms with Crippen molar-refractivity contribution in [1.29, 1.82) is 0 Å². The fraction of sp³-hybridized carbons (Fsp3) is 0.846. The summed E-state index contributed by atoms with van der Waals surface area (Å²) in [6, 6.07) is 0.159. The van der Waals surface area contributed by atoms with Gasteiger partial charge in [0.25, 0.3) is 0 Å². The van der Waals surface area contributed by atoms with E-state index < -0.39 is 0 Å². The number of hydrogen-bond donors (Lipinski definition) is 2. The summed E-state index contributed by atoms with van der Waals surface area (Å²) in [5.74, 6) is 2.01. The average molecular weight is 300 g/mol. The Bertz CT molecular complexity index is 350. The van der Waals surface area contributed by atoms with Crippen LogP contribution in [0.5, 0.6) is 0 Å². The van der Waals surface area contributed by atoms with Crippen LogP contribution in [-0.4, -0.2) is 78.1 Å². The highest BCUT2D eigenvalue weighted by atomic mass is 32.2. The Morgan fingerprint density at radius 1 is 1.30 bits per heavy atom. The van der Waals surface area contributed by atoms with Crippen LogP contribution < -0.4 is 10.6 Å². The average Bonchev–Trinajstić information content (AvgIpc) is 2.91. The molecule has 0 aromatic rings. The van der Waals surface area contributed by atoms with Gasteiger partial charge in [0.1, 0.15) is 0 Å². The van der Waals surface area contributed by atoms with Crippen LogP contribution in [0.3, 0.4) is 0 Å². The van der Waals surface area contributed by atoms with Crippen LogP contribution in [0.15, 0.2) is 0 Å². The van der Waals surface area contributed by atoms with E-state index in [2.05, 4.69) is 15.5 Å². The smallest absolute Gasteiger partial charge is 0.240 e. The number of carbonyl (C=O) groups excluding carboxylic acids is 2. The molecule has 1 unspecified atom stereocenters. The van der Waals surface area contributed by atoms with Gasteiger partial charge in [-0.3, -0.25) is 19.8 Å². The monoisotopic (exact) mass is 300 g/mol. The maximum absolute atomic E-state index is 12.2. The summed E-state index contributed by atoms with van der Waals surface area (Å²) in [5, 5.41) is 6.11. The first-order valence-corrected chi connectivity index (χ1v) is 8.33. The molecule has 0 spiro atoms. The molecule has 2 fully saturated rings. The van der Waals surface area contributed by atoms with Gasteiger partial charge in [0, 0.05) is 43.9 Å². The van der Waals surface area contributed by atoms with Gasteiger partial charge >= 0.3 is 0 Å². The second-order valence-electron chi connectivity index (χ2n) is 5.60. The lowest BCUT2D eigenvalue weighted by atomic mass is 10.2. The summed E-state index contributed by atoms with van der Waals surface area (Å²) in [6.45, 7) is 7.33. The molecule has 20 heavy (non-hydrogen) atoms. The minimum Gasteiger partial charge on any atom is -0.353 e. The van der Waals surface area contributed by atoms with Gasteiger partial charge in [-0.1, -0.05) is 0 Å². The van der Waals surface area contributed by atoms with Crippen molar-refractivity contribution >= 4 is 23.6 Å². The quantitative estimate of drug-likeness (QED) is 0.720. The number of nitrogens with zero attached hydrogens (tertiary/aromatic N) is 2. The van der Waals surface area contributed by atoms with E-state index in [1.807, 2.05) is 18.7 Å². The van der Waals surface area contributed by atoms with E-state index in [9.17, 15) is 9.59 Å². The van der Waals surface area contributed by atoms with Crippen LogP contribution in [-0.2, 0) is 9.59 Å². The first-order chi connectivity index (χ1) is 9.56. The molecule has 6 nitrogen and oxygen atoms in total. The number of amides is 2. The van der Waals surface area contributed by atoms with Crippen LogP contribution in [0.1, 0.15) is 13.8 Å². The lowest BCUT2D eigenvalue weighted by Crippen LogP contribution is -2.55. The van der Waals surface area contributed by atoms with Gasteiger partial charge in [-0.2, -0.15) is 0 Å². The van der Waals surface area contributed by atoms with Gasteiger partial charge < -0.3 is 10.2 Å². The third-order valence-corrected chi connectivity index (χ3v) is 4.46. The Morgan fingerprint density at radius 2 is 2.00 bits per heavy atom. The van der Waals surface area contributed by atoms with Crippen molar-refractivity contribution in [1.82, 2.24) is 20.4 Å². The molecular formula is C13H24N4O2S. The van der Waals surface area contributed by atoms with Gasteiger partial charge in [-0.25, -0.2) is 0 Å². The van der Waals surface area contributed by atoms with Gasteiger partial charge in [-0.05, 0) is 13.8 Å². The third-order valence-electron chi connectivity index (χ3n) is 3.52. The molecule has 2 rings (SSSR count). The normalized spacial score (nSPS) is 24.1. The van der Waals surface area contributed by atoms with Crippen molar-refractivity contribution < 1.29 is 9.59 Å². The third kappa shape index (κ3) is 4.36. The number of nitrogens with one attached hydrogen (secondary N) is 2. The molecule has 0 bridgehead atoms. The predicted octanol–water partition coefficient (Wildman–Crippen LogP) is -0.682. The first kappa shape index (κ1) is 15.6. The molecule has 2 saturated heterocycles. The number of hydrogen-bond acceptors (Lipinski definition) is 5. The molecule has 2 amide bonds. The SMILES string of the molecule is CC(C)NC(=O)CN1CCN(C(=O)C2CSCN2)CC1. The Morgan fingerprint density at radius 3 is 2.55 bits per heavy atom. The maximum atomic E-state index is 12.2. The molecule has 114 valence electrons. The van der Waals surface area contributed by atoms with Crippen molar-refractivity contribution in [3.63, 3.8) is 0 Å². The molecule has 7 heteroatoms. The predicted molar refractivity (Wildman–Crippen MR) is 80.5 cm³/mol. The topological polar surface area (TPSA) is 64.7 Å². The Labute approximate surface area is 124 Å². The highest BCUT2D eigenvalue weighted by Crippen LogP contribution is 2.13. The zero-order valence-electron chi connectivity index (χ0n) is 12.2. The van der Waals surface area contributed by atoms with Gasteiger partial charge in [-0.15, -0.1) is 11.8 Å². The van der Waals surface area contributed by atoms with Crippen molar-refractivity contribution in [2.75, 3.05) is 44.4 Å². The standard InChI is InChI=1S/C13H24N4O2S/c1-10(2)15-12(18)7-16-3-5-17(6-4-16)13(19)11-8-20-9-14-11/h10-11,14H,3-9H2,1-2H3,(H,15,18). The van der Waals surface area contributed by atoms with E-state index in [0.717, 1.165) is 37.8 Å². The van der Waals surface area contributed by atoms with E-state index >= 15 is 0 Å². The summed E-state index contributed by atoms with van der Waals surface area (Å²) < 4.78 is 0. The van der Waals surface area contributed by atoms with E-state index in [-0.39, 0.29) is 23.9 Å². The Kier molecular flexibility index (Phi) is 5.68. The van der Waals surface area contributed by atoms with E-state index in [4.69, 9.17) is 0 Å². The molecule has 1 atom stereocenters. The minimum absolute atomic E-state index is 0.0178. The maximum Gasteiger partial charge on any atom is 0.240 e. The van der Waals surface area contributed by atoms with Crippen LogP contribution in [0.25, 0.3) is 0 Å².